The highest BCUT2D eigenvalue weighted by Crippen LogP contribution is 2.34. The van der Waals surface area contributed by atoms with Gasteiger partial charge in [-0.3, -0.25) is 10.1 Å². The van der Waals surface area contributed by atoms with E-state index in [2.05, 4.69) is 20.3 Å². The van der Waals surface area contributed by atoms with Crippen LogP contribution in [0.15, 0.2) is 60.2 Å². The van der Waals surface area contributed by atoms with E-state index in [0.717, 1.165) is 21.8 Å². The van der Waals surface area contributed by atoms with Crippen LogP contribution in [0.1, 0.15) is 0 Å². The van der Waals surface area contributed by atoms with Crippen LogP contribution in [-0.2, 0) is 0 Å². The number of nitrogens with two attached hydrogens (primary N) is 1. The summed E-state index contributed by atoms with van der Waals surface area (Å²) in [5.74, 6) is -0.178. The van der Waals surface area contributed by atoms with Gasteiger partial charge in [0.25, 0.3) is 0 Å². The minimum absolute atomic E-state index is 0.0229. The van der Waals surface area contributed by atoms with E-state index in [-0.39, 0.29) is 17.3 Å². The average Bonchev–Trinajstić information content (AvgIpc) is 3.18. The highest BCUT2D eigenvalue weighted by atomic mass is 35.5. The first-order valence-electron chi connectivity index (χ1n) is 8.35. The van der Waals surface area contributed by atoms with E-state index in [0.29, 0.717) is 10.7 Å². The number of hydrogen-bond donors (Lipinski definition) is 2. The van der Waals surface area contributed by atoms with Crippen molar-refractivity contribution in [1.29, 1.82) is 0 Å². The maximum Gasteiger partial charge on any atom is 0.353 e. The van der Waals surface area contributed by atoms with Gasteiger partial charge < -0.3 is 11.1 Å². The summed E-state index contributed by atoms with van der Waals surface area (Å²) >= 11 is 7.75. The monoisotopic (exact) mass is 424 g/mol. The van der Waals surface area contributed by atoms with Gasteiger partial charge in [-0.2, -0.15) is 0 Å². The van der Waals surface area contributed by atoms with Crippen molar-refractivity contribution in [1.82, 2.24) is 15.0 Å². The highest BCUT2D eigenvalue weighted by molar-refractivity contribution is 7.13. The molecule has 0 fully saturated rings. The Morgan fingerprint density at radius 3 is 2.76 bits per heavy atom. The lowest BCUT2D eigenvalue weighted by Gasteiger charge is -2.08. The van der Waals surface area contributed by atoms with Crippen molar-refractivity contribution >= 4 is 45.9 Å². The van der Waals surface area contributed by atoms with E-state index in [1.807, 2.05) is 47.8 Å². The second-order valence-corrected chi connectivity index (χ2v) is 7.20. The van der Waals surface area contributed by atoms with Crippen LogP contribution >= 0.6 is 22.9 Å². The third-order valence-corrected chi connectivity index (χ3v) is 5.27. The molecule has 144 valence electrons. The smallest absolute Gasteiger partial charge is 0.353 e. The molecule has 0 amide bonds. The van der Waals surface area contributed by atoms with Crippen LogP contribution in [0.25, 0.3) is 21.8 Å². The molecule has 10 heteroatoms. The molecule has 0 bridgehead atoms. The quantitative estimate of drug-likeness (QED) is 0.335. The largest absolute Gasteiger partial charge is 0.378 e. The Kier molecular flexibility index (Phi) is 5.07. The summed E-state index contributed by atoms with van der Waals surface area (Å²) in [7, 11) is 0. The highest BCUT2D eigenvalue weighted by Gasteiger charge is 2.21. The van der Waals surface area contributed by atoms with E-state index < -0.39 is 4.92 Å². The lowest BCUT2D eigenvalue weighted by Crippen LogP contribution is -2.05. The molecular weight excluding hydrogens is 412 g/mol. The molecule has 2 aromatic heterocycles. The number of thiazole rings is 1. The molecule has 0 aliphatic carbocycles. The second-order valence-electron chi connectivity index (χ2n) is 5.94. The minimum atomic E-state index is -0.613. The molecule has 2 heterocycles. The van der Waals surface area contributed by atoms with Crippen LogP contribution in [0.4, 0.5) is 23.0 Å². The Balaban J connectivity index is 1.65. The van der Waals surface area contributed by atoms with E-state index in [1.54, 1.807) is 6.07 Å². The van der Waals surface area contributed by atoms with Gasteiger partial charge in [-0.25, -0.2) is 15.0 Å². The summed E-state index contributed by atoms with van der Waals surface area (Å²) in [5, 5.41) is 17.6. The van der Waals surface area contributed by atoms with Gasteiger partial charge in [-0.15, -0.1) is 11.3 Å². The third-order valence-electron chi connectivity index (χ3n) is 4.06. The molecule has 0 saturated heterocycles. The normalized spacial score (nSPS) is 10.7. The molecule has 0 aliphatic rings. The predicted molar refractivity (Wildman–Crippen MR) is 114 cm³/mol. The number of nitrogens with one attached hydrogen (secondary N) is 1. The van der Waals surface area contributed by atoms with Crippen LogP contribution in [0.3, 0.4) is 0 Å². The summed E-state index contributed by atoms with van der Waals surface area (Å²) < 4.78 is 0. The predicted octanol–water partition coefficient (Wildman–Crippen LogP) is 5.15. The summed E-state index contributed by atoms with van der Waals surface area (Å²) in [5.41, 5.74) is 8.33. The fourth-order valence-electron chi connectivity index (χ4n) is 2.72. The zero-order chi connectivity index (χ0) is 20.4. The van der Waals surface area contributed by atoms with Gasteiger partial charge in [0.2, 0.25) is 11.6 Å². The summed E-state index contributed by atoms with van der Waals surface area (Å²) in [6, 6.07) is 14.8. The van der Waals surface area contributed by atoms with Gasteiger partial charge in [0.1, 0.15) is 11.3 Å². The van der Waals surface area contributed by atoms with Crippen LogP contribution in [0, 0.1) is 10.1 Å². The Morgan fingerprint density at radius 1 is 1.14 bits per heavy atom. The first-order valence-corrected chi connectivity index (χ1v) is 9.61. The van der Waals surface area contributed by atoms with E-state index in [9.17, 15) is 10.1 Å². The van der Waals surface area contributed by atoms with Gasteiger partial charge in [0, 0.05) is 22.2 Å². The molecule has 0 saturated carbocycles. The van der Waals surface area contributed by atoms with Crippen LogP contribution in [-0.4, -0.2) is 19.9 Å². The molecule has 0 atom stereocenters. The molecule has 0 radical (unpaired) electrons. The zero-order valence-electron chi connectivity index (χ0n) is 14.7. The minimum Gasteiger partial charge on any atom is -0.378 e. The molecule has 3 N–H and O–H groups in total. The number of anilines is 3. The first-order chi connectivity index (χ1) is 14.0. The second kappa shape index (κ2) is 7.82. The van der Waals surface area contributed by atoms with Crippen molar-refractivity contribution in [2.75, 3.05) is 11.1 Å². The van der Waals surface area contributed by atoms with Crippen LogP contribution < -0.4 is 11.1 Å². The van der Waals surface area contributed by atoms with Crippen molar-refractivity contribution in [2.45, 2.75) is 0 Å². The number of nitrogens with zero attached hydrogens (tertiary/aromatic N) is 4. The van der Waals surface area contributed by atoms with Crippen molar-refractivity contribution in [3.8, 4) is 21.8 Å². The lowest BCUT2D eigenvalue weighted by atomic mass is 10.1. The Bertz CT molecular complexity index is 1210. The summed E-state index contributed by atoms with van der Waals surface area (Å²) in [4.78, 5) is 22.9. The fraction of sp³-hybridized carbons (Fsp3) is 0. The number of halogens is 1. The summed E-state index contributed by atoms with van der Waals surface area (Å²) in [6.07, 6.45) is 1.17. The molecule has 0 spiro atoms. The van der Waals surface area contributed by atoms with Crippen LogP contribution in [0.2, 0.25) is 5.02 Å². The molecule has 2 aromatic carbocycles. The topological polar surface area (TPSA) is 120 Å². The maximum absolute atomic E-state index is 11.3. The molecular formula is C19H13ClN6O2S. The van der Waals surface area contributed by atoms with Crippen LogP contribution in [0.5, 0.6) is 0 Å². The van der Waals surface area contributed by atoms with Gasteiger partial charge in [0.15, 0.2) is 0 Å². The van der Waals surface area contributed by atoms with E-state index in [1.165, 1.54) is 17.7 Å². The Morgan fingerprint density at radius 2 is 1.97 bits per heavy atom. The fourth-order valence-corrected chi connectivity index (χ4v) is 3.87. The number of benzene rings is 2. The van der Waals surface area contributed by atoms with Gasteiger partial charge >= 0.3 is 5.69 Å². The van der Waals surface area contributed by atoms with E-state index in [4.69, 9.17) is 17.3 Å². The van der Waals surface area contributed by atoms with Crippen molar-refractivity contribution < 1.29 is 4.92 Å². The zero-order valence-corrected chi connectivity index (χ0v) is 16.3. The first kappa shape index (κ1) is 18.8. The lowest BCUT2D eigenvalue weighted by molar-refractivity contribution is -0.383. The average molecular weight is 425 g/mol. The number of aromatic nitrogens is 3. The standard InChI is InChI=1S/C19H13ClN6O2S/c20-14-7-2-1-6-13(14)19-25-15(9-29-19)11-4-3-5-12(8-11)24-18-16(26(27)28)17(21)22-10-23-18/h1-10H,(H3,21,22,23,24). The van der Waals surface area contributed by atoms with Crippen molar-refractivity contribution in [3.05, 3.63) is 75.4 Å². The third kappa shape index (κ3) is 3.86. The number of rotatable bonds is 5. The van der Waals surface area contributed by atoms with E-state index >= 15 is 0 Å². The van der Waals surface area contributed by atoms with Gasteiger partial charge in [0.05, 0.1) is 15.6 Å². The Labute approximate surface area is 174 Å². The molecule has 8 nitrogen and oxygen atoms in total. The molecule has 0 unspecified atom stereocenters. The van der Waals surface area contributed by atoms with Crippen molar-refractivity contribution in [2.24, 2.45) is 0 Å². The number of nitro groups is 1. The molecule has 0 aliphatic heterocycles. The summed E-state index contributed by atoms with van der Waals surface area (Å²) in [6.45, 7) is 0. The van der Waals surface area contributed by atoms with Gasteiger partial charge in [-0.1, -0.05) is 41.9 Å². The molecule has 4 aromatic rings. The Hall–Kier alpha value is -3.56. The SMILES string of the molecule is Nc1ncnc(Nc2cccc(-c3csc(-c4ccccc4Cl)n3)c2)c1[N+](=O)[O-]. The number of hydrogen-bond acceptors (Lipinski definition) is 8. The van der Waals surface area contributed by atoms with Crippen molar-refractivity contribution in [3.63, 3.8) is 0 Å². The maximum atomic E-state index is 11.3. The molecule has 29 heavy (non-hydrogen) atoms. The number of nitrogen functional groups attached to an aromatic ring is 1. The molecule has 4 rings (SSSR count). The van der Waals surface area contributed by atoms with Gasteiger partial charge in [-0.05, 0) is 18.2 Å².